The van der Waals surface area contributed by atoms with Gasteiger partial charge in [-0.3, -0.25) is 9.59 Å². The summed E-state index contributed by atoms with van der Waals surface area (Å²) in [6.07, 6.45) is 2.60. The number of amides is 1. The fourth-order valence-electron chi connectivity index (χ4n) is 5.22. The zero-order valence-electron chi connectivity index (χ0n) is 24.6. The quantitative estimate of drug-likeness (QED) is 0.144. The lowest BCUT2D eigenvalue weighted by molar-refractivity contribution is -0.140. The van der Waals surface area contributed by atoms with E-state index in [4.69, 9.17) is 18.9 Å². The molecule has 2 aliphatic rings. The number of hydrogen-bond acceptors (Lipinski definition) is 8. The van der Waals surface area contributed by atoms with Crippen LogP contribution in [0.3, 0.4) is 0 Å². The standard InChI is InChI=1S/C32H42N2O7/c1-5-9-17-39-24-13-11-22(20-26(24)38-8-4)29-28(30(35)23-12-14-25-27(21-23)41-19-18-40-25)31(36)32(37)34(29)16-10-15-33(6-2)7-3/h11-14,20-21,29,35H,5-10,15-19H2,1-4H3/t29-/m0/s1. The largest absolute Gasteiger partial charge is 0.507 e. The highest BCUT2D eigenvalue weighted by atomic mass is 16.6. The predicted octanol–water partition coefficient (Wildman–Crippen LogP) is 5.19. The molecule has 1 N–H and O–H groups in total. The summed E-state index contributed by atoms with van der Waals surface area (Å²) in [5.41, 5.74) is 1.08. The number of aliphatic hydroxyl groups is 1. The molecule has 0 radical (unpaired) electrons. The SMILES string of the molecule is CCCCOc1ccc([C@H]2C(=C(O)c3ccc4c(c3)OCCO4)C(=O)C(=O)N2CCCN(CC)CC)cc1OCC. The van der Waals surface area contributed by atoms with E-state index in [0.717, 1.165) is 32.5 Å². The summed E-state index contributed by atoms with van der Waals surface area (Å²) in [7, 11) is 0. The number of benzene rings is 2. The Morgan fingerprint density at radius 1 is 0.951 bits per heavy atom. The van der Waals surface area contributed by atoms with Gasteiger partial charge in [0.1, 0.15) is 19.0 Å². The van der Waals surface area contributed by atoms with Crippen molar-refractivity contribution in [3.63, 3.8) is 0 Å². The van der Waals surface area contributed by atoms with Gasteiger partial charge in [-0.2, -0.15) is 0 Å². The van der Waals surface area contributed by atoms with Crippen molar-refractivity contribution in [3.8, 4) is 23.0 Å². The molecule has 1 saturated heterocycles. The van der Waals surface area contributed by atoms with Crippen molar-refractivity contribution in [1.82, 2.24) is 9.80 Å². The second-order valence-electron chi connectivity index (χ2n) is 10.1. The van der Waals surface area contributed by atoms with Gasteiger partial charge in [0.15, 0.2) is 23.0 Å². The highest BCUT2D eigenvalue weighted by Gasteiger charge is 2.46. The molecule has 1 fully saturated rings. The van der Waals surface area contributed by atoms with E-state index < -0.39 is 17.7 Å². The van der Waals surface area contributed by atoms with Crippen molar-refractivity contribution < 1.29 is 33.6 Å². The molecular weight excluding hydrogens is 524 g/mol. The van der Waals surface area contributed by atoms with Gasteiger partial charge in [-0.05, 0) is 75.3 Å². The summed E-state index contributed by atoms with van der Waals surface area (Å²) in [6.45, 7) is 13.0. The van der Waals surface area contributed by atoms with Crippen molar-refractivity contribution in [2.24, 2.45) is 0 Å². The van der Waals surface area contributed by atoms with Crippen LogP contribution in [0.5, 0.6) is 23.0 Å². The molecular formula is C32H42N2O7. The zero-order chi connectivity index (χ0) is 29.4. The summed E-state index contributed by atoms with van der Waals surface area (Å²) in [4.78, 5) is 30.8. The number of aliphatic hydroxyl groups excluding tert-OH is 1. The number of ketones is 1. The number of hydrogen-bond donors (Lipinski definition) is 1. The van der Waals surface area contributed by atoms with Crippen molar-refractivity contribution in [2.75, 3.05) is 52.6 Å². The van der Waals surface area contributed by atoms with E-state index in [0.29, 0.717) is 73.5 Å². The van der Waals surface area contributed by atoms with Crippen LogP contribution < -0.4 is 18.9 Å². The first-order chi connectivity index (χ1) is 19.9. The maximum absolute atomic E-state index is 13.5. The minimum Gasteiger partial charge on any atom is -0.507 e. The number of fused-ring (bicyclic) bond motifs is 1. The molecule has 1 atom stereocenters. The Kier molecular flexibility index (Phi) is 10.5. The van der Waals surface area contributed by atoms with Crippen LogP contribution in [0.2, 0.25) is 0 Å². The summed E-state index contributed by atoms with van der Waals surface area (Å²) in [6, 6.07) is 9.70. The monoisotopic (exact) mass is 566 g/mol. The highest BCUT2D eigenvalue weighted by Crippen LogP contribution is 2.43. The fourth-order valence-corrected chi connectivity index (χ4v) is 5.22. The van der Waals surface area contributed by atoms with Gasteiger partial charge in [-0.15, -0.1) is 0 Å². The van der Waals surface area contributed by atoms with Gasteiger partial charge in [0, 0.05) is 12.1 Å². The summed E-state index contributed by atoms with van der Waals surface area (Å²) in [5.74, 6) is 0.599. The number of Topliss-reactive ketones (excluding diaryl/α,β-unsaturated/α-hetero) is 1. The molecule has 0 saturated carbocycles. The Morgan fingerprint density at radius 3 is 2.41 bits per heavy atom. The molecule has 0 aliphatic carbocycles. The van der Waals surface area contributed by atoms with E-state index in [2.05, 4.69) is 25.7 Å². The van der Waals surface area contributed by atoms with Gasteiger partial charge in [0.25, 0.3) is 11.7 Å². The van der Waals surface area contributed by atoms with Gasteiger partial charge in [0.2, 0.25) is 0 Å². The zero-order valence-corrected chi connectivity index (χ0v) is 24.6. The third kappa shape index (κ3) is 6.78. The molecule has 222 valence electrons. The minimum absolute atomic E-state index is 0.0385. The first-order valence-electron chi connectivity index (χ1n) is 14.7. The van der Waals surface area contributed by atoms with Crippen molar-refractivity contribution in [1.29, 1.82) is 0 Å². The molecule has 0 spiro atoms. The maximum Gasteiger partial charge on any atom is 0.295 e. The van der Waals surface area contributed by atoms with Crippen LogP contribution in [-0.4, -0.2) is 79.2 Å². The lowest BCUT2D eigenvalue weighted by Crippen LogP contribution is -2.33. The van der Waals surface area contributed by atoms with E-state index in [1.807, 2.05) is 25.1 Å². The second kappa shape index (κ2) is 14.3. The maximum atomic E-state index is 13.5. The van der Waals surface area contributed by atoms with Crippen LogP contribution in [0.4, 0.5) is 0 Å². The molecule has 1 amide bonds. The summed E-state index contributed by atoms with van der Waals surface area (Å²) < 4.78 is 23.2. The molecule has 9 heteroatoms. The Hall–Kier alpha value is -3.72. The average molecular weight is 567 g/mol. The van der Waals surface area contributed by atoms with Crippen molar-refractivity contribution in [3.05, 3.63) is 53.1 Å². The smallest absolute Gasteiger partial charge is 0.295 e. The van der Waals surface area contributed by atoms with Gasteiger partial charge in [-0.1, -0.05) is 33.3 Å². The molecule has 2 aliphatic heterocycles. The van der Waals surface area contributed by atoms with Crippen LogP contribution in [-0.2, 0) is 9.59 Å². The average Bonchev–Trinajstić information content (AvgIpc) is 3.24. The predicted molar refractivity (Wildman–Crippen MR) is 157 cm³/mol. The number of nitrogens with zero attached hydrogens (tertiary/aromatic N) is 2. The topological polar surface area (TPSA) is 97.8 Å². The molecule has 2 aromatic rings. The second-order valence-corrected chi connectivity index (χ2v) is 10.1. The van der Waals surface area contributed by atoms with E-state index in [1.165, 1.54) is 0 Å². The minimum atomic E-state index is -0.788. The summed E-state index contributed by atoms with van der Waals surface area (Å²) >= 11 is 0. The number of likely N-dealkylation sites (tertiary alicyclic amines) is 1. The van der Waals surface area contributed by atoms with Crippen molar-refractivity contribution >= 4 is 17.4 Å². The first kappa shape index (κ1) is 30.2. The highest BCUT2D eigenvalue weighted by molar-refractivity contribution is 6.46. The molecule has 41 heavy (non-hydrogen) atoms. The van der Waals surface area contributed by atoms with Gasteiger partial charge >= 0.3 is 0 Å². The van der Waals surface area contributed by atoms with Gasteiger partial charge < -0.3 is 33.9 Å². The lowest BCUT2D eigenvalue weighted by Gasteiger charge is -2.27. The third-order valence-corrected chi connectivity index (χ3v) is 7.46. The number of rotatable bonds is 14. The summed E-state index contributed by atoms with van der Waals surface area (Å²) in [5, 5.41) is 11.5. The Morgan fingerprint density at radius 2 is 1.71 bits per heavy atom. The number of unbranched alkanes of at least 4 members (excludes halogenated alkanes) is 1. The van der Waals surface area contributed by atoms with Crippen LogP contribution in [0.1, 0.15) is 64.1 Å². The molecule has 2 heterocycles. The molecule has 2 aromatic carbocycles. The van der Waals surface area contributed by atoms with Crippen LogP contribution in [0.15, 0.2) is 42.0 Å². The third-order valence-electron chi connectivity index (χ3n) is 7.46. The Labute approximate surface area is 242 Å². The van der Waals surface area contributed by atoms with Crippen LogP contribution in [0, 0.1) is 0 Å². The van der Waals surface area contributed by atoms with E-state index in [-0.39, 0.29) is 11.3 Å². The van der Waals surface area contributed by atoms with Crippen molar-refractivity contribution in [2.45, 2.75) is 53.0 Å². The van der Waals surface area contributed by atoms with E-state index in [1.54, 1.807) is 23.1 Å². The Balaban J connectivity index is 1.76. The first-order valence-corrected chi connectivity index (χ1v) is 14.7. The normalized spacial score (nSPS) is 17.8. The molecule has 0 unspecified atom stereocenters. The fraction of sp³-hybridized carbons (Fsp3) is 0.500. The Bertz CT molecular complexity index is 1250. The molecule has 4 rings (SSSR count). The number of ether oxygens (including phenoxy) is 4. The number of carbonyl (C=O) groups excluding carboxylic acids is 2. The van der Waals surface area contributed by atoms with Gasteiger partial charge in [0.05, 0.1) is 24.8 Å². The van der Waals surface area contributed by atoms with E-state index >= 15 is 0 Å². The van der Waals surface area contributed by atoms with E-state index in [9.17, 15) is 14.7 Å². The van der Waals surface area contributed by atoms with Gasteiger partial charge in [-0.25, -0.2) is 0 Å². The number of carbonyl (C=O) groups is 2. The molecule has 9 nitrogen and oxygen atoms in total. The van der Waals surface area contributed by atoms with Crippen LogP contribution in [0.25, 0.3) is 5.76 Å². The molecule has 0 aromatic heterocycles. The lowest BCUT2D eigenvalue weighted by atomic mass is 9.94. The molecule has 0 bridgehead atoms. The van der Waals surface area contributed by atoms with Crippen LogP contribution >= 0.6 is 0 Å².